The summed E-state index contributed by atoms with van der Waals surface area (Å²) >= 11 is 0. The van der Waals surface area contributed by atoms with Gasteiger partial charge in [0.05, 0.1) is 18.3 Å². The highest BCUT2D eigenvalue weighted by atomic mass is 16.5. The van der Waals surface area contributed by atoms with E-state index in [4.69, 9.17) is 4.74 Å². The quantitative estimate of drug-likeness (QED) is 0.829. The lowest BCUT2D eigenvalue weighted by atomic mass is 10.0. The van der Waals surface area contributed by atoms with Crippen LogP contribution in [0.3, 0.4) is 0 Å². The van der Waals surface area contributed by atoms with Crippen molar-refractivity contribution in [2.24, 2.45) is 11.8 Å². The summed E-state index contributed by atoms with van der Waals surface area (Å²) < 4.78 is 5.35. The van der Waals surface area contributed by atoms with Crippen LogP contribution in [-0.2, 0) is 9.53 Å². The minimum Gasteiger partial charge on any atom is -0.380 e. The number of hydrogen-bond acceptors (Lipinski definition) is 3. The normalized spacial score (nSPS) is 30.6. The van der Waals surface area contributed by atoms with Gasteiger partial charge in [-0.05, 0) is 31.6 Å². The van der Waals surface area contributed by atoms with Crippen LogP contribution < -0.4 is 5.32 Å². The number of carbonyl (C=O) groups excluding carboxylic acids is 1. The summed E-state index contributed by atoms with van der Waals surface area (Å²) in [6.45, 7) is 6.96. The van der Waals surface area contributed by atoms with E-state index in [2.05, 4.69) is 19.2 Å². The Balaban J connectivity index is 2.10. The average Bonchev–Trinajstić information content (AvgIpc) is 2.98. The molecule has 2 aliphatic rings. The molecule has 0 spiro atoms. The maximum Gasteiger partial charge on any atom is 0.241 e. The fourth-order valence-electron chi connectivity index (χ4n) is 3.36. The van der Waals surface area contributed by atoms with Crippen LogP contribution in [0.2, 0.25) is 0 Å². The van der Waals surface area contributed by atoms with E-state index in [1.807, 2.05) is 11.8 Å². The predicted molar refractivity (Wildman–Crippen MR) is 75.7 cm³/mol. The number of carbonyl (C=O) groups is 1. The van der Waals surface area contributed by atoms with E-state index < -0.39 is 0 Å². The first kappa shape index (κ1) is 14.8. The van der Waals surface area contributed by atoms with Crippen LogP contribution in [0.1, 0.15) is 46.5 Å². The summed E-state index contributed by atoms with van der Waals surface area (Å²) in [7, 11) is 1.71. The minimum absolute atomic E-state index is 0.0188. The van der Waals surface area contributed by atoms with E-state index in [0.29, 0.717) is 18.4 Å². The summed E-state index contributed by atoms with van der Waals surface area (Å²) in [5.74, 6) is 1.23. The highest BCUT2D eigenvalue weighted by Gasteiger charge is 2.44. The molecule has 110 valence electrons. The van der Waals surface area contributed by atoms with Gasteiger partial charge >= 0.3 is 0 Å². The number of rotatable bonds is 5. The fraction of sp³-hybridized carbons (Fsp3) is 0.933. The summed E-state index contributed by atoms with van der Waals surface area (Å²) in [6.07, 6.45) is 5.41. The number of amides is 1. The third kappa shape index (κ3) is 3.11. The smallest absolute Gasteiger partial charge is 0.241 e. The first-order valence-electron chi connectivity index (χ1n) is 7.64. The maximum atomic E-state index is 12.6. The number of hydrogen-bond donors (Lipinski definition) is 1. The first-order valence-corrected chi connectivity index (χ1v) is 7.64. The van der Waals surface area contributed by atoms with Crippen molar-refractivity contribution in [3.8, 4) is 0 Å². The zero-order valence-corrected chi connectivity index (χ0v) is 12.7. The summed E-state index contributed by atoms with van der Waals surface area (Å²) in [4.78, 5) is 14.6. The van der Waals surface area contributed by atoms with E-state index >= 15 is 0 Å². The average molecular weight is 268 g/mol. The minimum atomic E-state index is -0.0188. The largest absolute Gasteiger partial charge is 0.380 e. The predicted octanol–water partition coefficient (Wildman–Crippen LogP) is 1.99. The van der Waals surface area contributed by atoms with Crippen molar-refractivity contribution in [3.05, 3.63) is 0 Å². The second-order valence-corrected chi connectivity index (χ2v) is 6.41. The van der Waals surface area contributed by atoms with E-state index in [-0.39, 0.29) is 24.2 Å². The molecule has 0 aromatic carbocycles. The van der Waals surface area contributed by atoms with Crippen molar-refractivity contribution in [2.45, 2.75) is 64.8 Å². The van der Waals surface area contributed by atoms with Gasteiger partial charge in [-0.25, -0.2) is 0 Å². The lowest BCUT2D eigenvalue weighted by Gasteiger charge is -2.30. The second kappa shape index (κ2) is 6.23. The van der Waals surface area contributed by atoms with Crippen molar-refractivity contribution in [2.75, 3.05) is 13.7 Å². The number of nitrogens with one attached hydrogen (secondary N) is 1. The Kier molecular flexibility index (Phi) is 4.85. The summed E-state index contributed by atoms with van der Waals surface area (Å²) in [6, 6.07) is -0.0188. The molecule has 1 amide bonds. The van der Waals surface area contributed by atoms with Crippen LogP contribution >= 0.6 is 0 Å². The standard InChI is InChI=1S/C15H28N2O2/c1-10(2)13-15(18)17(9-11(3)19-4)14(16-13)12-7-5-6-8-12/h10-14,16H,5-9H2,1-4H3. The maximum absolute atomic E-state index is 12.6. The van der Waals surface area contributed by atoms with Gasteiger partial charge in [0.1, 0.15) is 0 Å². The molecule has 4 heteroatoms. The Hall–Kier alpha value is -0.610. The molecule has 1 saturated heterocycles. The summed E-state index contributed by atoms with van der Waals surface area (Å²) in [5.41, 5.74) is 0. The Bertz CT molecular complexity index is 313. The van der Waals surface area contributed by atoms with Gasteiger partial charge in [0, 0.05) is 13.7 Å². The molecule has 3 unspecified atom stereocenters. The molecule has 1 aliphatic carbocycles. The van der Waals surface area contributed by atoms with Crippen LogP contribution in [0.4, 0.5) is 0 Å². The molecule has 0 radical (unpaired) electrons. The van der Waals surface area contributed by atoms with Crippen LogP contribution in [0.5, 0.6) is 0 Å². The summed E-state index contributed by atoms with van der Waals surface area (Å²) in [5, 5.41) is 3.58. The van der Waals surface area contributed by atoms with Gasteiger partial charge in [0.25, 0.3) is 0 Å². The van der Waals surface area contributed by atoms with Gasteiger partial charge < -0.3 is 9.64 Å². The van der Waals surface area contributed by atoms with E-state index in [1.165, 1.54) is 25.7 Å². The van der Waals surface area contributed by atoms with Crippen LogP contribution in [0.25, 0.3) is 0 Å². The first-order chi connectivity index (χ1) is 9.04. The monoisotopic (exact) mass is 268 g/mol. The van der Waals surface area contributed by atoms with Crippen molar-refractivity contribution in [1.82, 2.24) is 10.2 Å². The molecular formula is C15H28N2O2. The third-order valence-electron chi connectivity index (χ3n) is 4.60. The lowest BCUT2D eigenvalue weighted by molar-refractivity contribution is -0.132. The second-order valence-electron chi connectivity index (χ2n) is 6.41. The van der Waals surface area contributed by atoms with Gasteiger partial charge in [-0.2, -0.15) is 0 Å². The van der Waals surface area contributed by atoms with Crippen molar-refractivity contribution < 1.29 is 9.53 Å². The molecule has 0 aromatic rings. The molecule has 0 bridgehead atoms. The highest BCUT2D eigenvalue weighted by Crippen LogP contribution is 2.33. The van der Waals surface area contributed by atoms with E-state index in [0.717, 1.165) is 0 Å². The molecule has 2 rings (SSSR count). The lowest BCUT2D eigenvalue weighted by Crippen LogP contribution is -2.45. The van der Waals surface area contributed by atoms with Gasteiger partial charge in [0.15, 0.2) is 0 Å². The molecule has 2 fully saturated rings. The van der Waals surface area contributed by atoms with Crippen molar-refractivity contribution >= 4 is 5.91 Å². The van der Waals surface area contributed by atoms with Crippen LogP contribution in [0.15, 0.2) is 0 Å². The Morgan fingerprint density at radius 1 is 1.32 bits per heavy atom. The van der Waals surface area contributed by atoms with Gasteiger partial charge in [-0.15, -0.1) is 0 Å². The molecule has 1 heterocycles. The Morgan fingerprint density at radius 2 is 1.95 bits per heavy atom. The van der Waals surface area contributed by atoms with E-state index in [1.54, 1.807) is 7.11 Å². The topological polar surface area (TPSA) is 41.6 Å². The van der Waals surface area contributed by atoms with Gasteiger partial charge in [-0.1, -0.05) is 26.7 Å². The molecule has 1 saturated carbocycles. The number of methoxy groups -OCH3 is 1. The molecule has 3 atom stereocenters. The number of nitrogens with zero attached hydrogens (tertiary/aromatic N) is 1. The zero-order chi connectivity index (χ0) is 14.0. The van der Waals surface area contributed by atoms with E-state index in [9.17, 15) is 4.79 Å². The molecule has 0 aromatic heterocycles. The Labute approximate surface area is 116 Å². The molecule has 1 aliphatic heterocycles. The van der Waals surface area contributed by atoms with Crippen molar-refractivity contribution in [1.29, 1.82) is 0 Å². The number of ether oxygens (including phenoxy) is 1. The fourth-order valence-corrected chi connectivity index (χ4v) is 3.36. The molecule has 1 N–H and O–H groups in total. The van der Waals surface area contributed by atoms with Crippen LogP contribution in [0, 0.1) is 11.8 Å². The van der Waals surface area contributed by atoms with Crippen molar-refractivity contribution in [3.63, 3.8) is 0 Å². The Morgan fingerprint density at radius 3 is 2.47 bits per heavy atom. The zero-order valence-electron chi connectivity index (χ0n) is 12.7. The highest BCUT2D eigenvalue weighted by molar-refractivity contribution is 5.84. The van der Waals surface area contributed by atoms with Crippen LogP contribution in [-0.4, -0.2) is 42.8 Å². The molecule has 4 nitrogen and oxygen atoms in total. The molecule has 19 heavy (non-hydrogen) atoms. The third-order valence-corrected chi connectivity index (χ3v) is 4.60. The SMILES string of the molecule is COC(C)CN1C(=O)C(C(C)C)NC1C1CCCC1. The van der Waals surface area contributed by atoms with Gasteiger partial charge in [0.2, 0.25) is 5.91 Å². The van der Waals surface area contributed by atoms with Gasteiger partial charge in [-0.3, -0.25) is 10.1 Å². The molecular weight excluding hydrogens is 240 g/mol.